The average Bonchev–Trinajstić information content (AvgIpc) is 2.28. The molecule has 4 nitrogen and oxygen atoms in total. The summed E-state index contributed by atoms with van der Waals surface area (Å²) in [5, 5.41) is 3.27. The van der Waals surface area contributed by atoms with Gasteiger partial charge in [-0.2, -0.15) is 0 Å². The standard InChI is InChI=1S/C12H24N2O2/c1-4-11-9-16-8-7-14(11)12(15)5-6-13-10(2)3/h10-11,13H,4-9H2,1-3H3. The van der Waals surface area contributed by atoms with Crippen molar-refractivity contribution >= 4 is 5.91 Å². The zero-order valence-electron chi connectivity index (χ0n) is 10.7. The molecule has 0 saturated carbocycles. The summed E-state index contributed by atoms with van der Waals surface area (Å²) in [4.78, 5) is 14.0. The summed E-state index contributed by atoms with van der Waals surface area (Å²) in [6.45, 7) is 9.18. The molecule has 0 aromatic heterocycles. The van der Waals surface area contributed by atoms with Gasteiger partial charge >= 0.3 is 0 Å². The molecule has 0 bridgehead atoms. The number of ether oxygens (including phenoxy) is 1. The molecule has 1 heterocycles. The number of nitrogens with zero attached hydrogens (tertiary/aromatic N) is 1. The van der Waals surface area contributed by atoms with Crippen LogP contribution in [0.15, 0.2) is 0 Å². The molecule has 0 aromatic carbocycles. The van der Waals surface area contributed by atoms with E-state index in [0.717, 1.165) is 19.5 Å². The first-order valence-corrected chi connectivity index (χ1v) is 6.25. The highest BCUT2D eigenvalue weighted by molar-refractivity contribution is 5.76. The Morgan fingerprint density at radius 3 is 2.94 bits per heavy atom. The van der Waals surface area contributed by atoms with Gasteiger partial charge in [0.2, 0.25) is 5.91 Å². The molecule has 1 N–H and O–H groups in total. The summed E-state index contributed by atoms with van der Waals surface area (Å²) < 4.78 is 5.39. The van der Waals surface area contributed by atoms with Gasteiger partial charge in [-0.05, 0) is 6.42 Å². The van der Waals surface area contributed by atoms with Crippen LogP contribution in [0.2, 0.25) is 0 Å². The Labute approximate surface area is 98.3 Å². The molecule has 16 heavy (non-hydrogen) atoms. The number of hydrogen-bond donors (Lipinski definition) is 1. The fraction of sp³-hybridized carbons (Fsp3) is 0.917. The fourth-order valence-corrected chi connectivity index (χ4v) is 1.93. The predicted molar refractivity (Wildman–Crippen MR) is 64.4 cm³/mol. The second kappa shape index (κ2) is 6.86. The van der Waals surface area contributed by atoms with Crippen LogP contribution in [-0.2, 0) is 9.53 Å². The molecule has 1 rings (SSSR count). The number of hydrogen-bond acceptors (Lipinski definition) is 3. The minimum absolute atomic E-state index is 0.253. The molecular formula is C12H24N2O2. The van der Waals surface area contributed by atoms with Crippen molar-refractivity contribution in [3.8, 4) is 0 Å². The molecule has 1 aliphatic heterocycles. The Morgan fingerprint density at radius 2 is 2.31 bits per heavy atom. The number of amides is 1. The van der Waals surface area contributed by atoms with Crippen LogP contribution >= 0.6 is 0 Å². The highest BCUT2D eigenvalue weighted by Crippen LogP contribution is 2.11. The van der Waals surface area contributed by atoms with Crippen molar-refractivity contribution in [1.82, 2.24) is 10.2 Å². The van der Waals surface area contributed by atoms with E-state index < -0.39 is 0 Å². The van der Waals surface area contributed by atoms with Crippen molar-refractivity contribution in [2.75, 3.05) is 26.3 Å². The van der Waals surface area contributed by atoms with Crippen LogP contribution in [0.25, 0.3) is 0 Å². The van der Waals surface area contributed by atoms with Crippen LogP contribution < -0.4 is 5.32 Å². The highest BCUT2D eigenvalue weighted by Gasteiger charge is 2.25. The molecule has 1 amide bonds. The highest BCUT2D eigenvalue weighted by atomic mass is 16.5. The van der Waals surface area contributed by atoms with Gasteiger partial charge in [-0.15, -0.1) is 0 Å². The lowest BCUT2D eigenvalue weighted by Gasteiger charge is -2.35. The molecule has 94 valence electrons. The van der Waals surface area contributed by atoms with Crippen molar-refractivity contribution < 1.29 is 9.53 Å². The summed E-state index contributed by atoms with van der Waals surface area (Å²) in [5.41, 5.74) is 0. The van der Waals surface area contributed by atoms with E-state index in [1.165, 1.54) is 0 Å². The molecule has 0 radical (unpaired) electrons. The number of carbonyl (C=O) groups is 1. The second-order valence-corrected chi connectivity index (χ2v) is 4.58. The van der Waals surface area contributed by atoms with E-state index >= 15 is 0 Å². The smallest absolute Gasteiger partial charge is 0.224 e. The first-order chi connectivity index (χ1) is 7.65. The largest absolute Gasteiger partial charge is 0.377 e. The summed E-state index contributed by atoms with van der Waals surface area (Å²) >= 11 is 0. The summed E-state index contributed by atoms with van der Waals surface area (Å²) in [6, 6.07) is 0.722. The van der Waals surface area contributed by atoms with Gasteiger partial charge in [0.05, 0.1) is 19.3 Å². The Balaban J connectivity index is 2.33. The molecule has 0 aliphatic carbocycles. The molecule has 0 spiro atoms. The van der Waals surface area contributed by atoms with Crippen molar-refractivity contribution in [3.63, 3.8) is 0 Å². The first kappa shape index (κ1) is 13.5. The number of carbonyl (C=O) groups excluding carboxylic acids is 1. The third kappa shape index (κ3) is 4.10. The third-order valence-electron chi connectivity index (χ3n) is 2.91. The van der Waals surface area contributed by atoms with Gasteiger partial charge in [0, 0.05) is 25.6 Å². The van der Waals surface area contributed by atoms with Crippen LogP contribution in [0.1, 0.15) is 33.6 Å². The van der Waals surface area contributed by atoms with E-state index in [-0.39, 0.29) is 11.9 Å². The van der Waals surface area contributed by atoms with E-state index in [0.29, 0.717) is 25.7 Å². The maximum absolute atomic E-state index is 12.0. The van der Waals surface area contributed by atoms with E-state index in [9.17, 15) is 4.79 Å². The number of rotatable bonds is 5. The molecule has 4 heteroatoms. The van der Waals surface area contributed by atoms with Gasteiger partial charge in [-0.25, -0.2) is 0 Å². The number of nitrogens with one attached hydrogen (secondary N) is 1. The molecule has 1 fully saturated rings. The van der Waals surface area contributed by atoms with Crippen LogP contribution in [0.3, 0.4) is 0 Å². The van der Waals surface area contributed by atoms with Crippen LogP contribution in [0, 0.1) is 0 Å². The second-order valence-electron chi connectivity index (χ2n) is 4.58. The molecule has 1 aliphatic rings. The van der Waals surface area contributed by atoms with Crippen molar-refractivity contribution in [2.24, 2.45) is 0 Å². The van der Waals surface area contributed by atoms with E-state index in [1.807, 2.05) is 4.90 Å². The Morgan fingerprint density at radius 1 is 1.56 bits per heavy atom. The van der Waals surface area contributed by atoms with E-state index in [4.69, 9.17) is 4.74 Å². The zero-order valence-corrected chi connectivity index (χ0v) is 10.7. The lowest BCUT2D eigenvalue weighted by Crippen LogP contribution is -2.49. The Kier molecular flexibility index (Phi) is 5.77. The monoisotopic (exact) mass is 228 g/mol. The fourth-order valence-electron chi connectivity index (χ4n) is 1.93. The van der Waals surface area contributed by atoms with E-state index in [2.05, 4.69) is 26.1 Å². The van der Waals surface area contributed by atoms with Crippen LogP contribution in [-0.4, -0.2) is 49.2 Å². The molecule has 1 saturated heterocycles. The lowest BCUT2D eigenvalue weighted by atomic mass is 10.1. The molecule has 0 aromatic rings. The SMILES string of the molecule is CCC1COCCN1C(=O)CCNC(C)C. The summed E-state index contributed by atoms with van der Waals surface area (Å²) in [7, 11) is 0. The summed E-state index contributed by atoms with van der Waals surface area (Å²) in [5.74, 6) is 0.253. The van der Waals surface area contributed by atoms with Gasteiger partial charge in [0.1, 0.15) is 0 Å². The average molecular weight is 228 g/mol. The maximum Gasteiger partial charge on any atom is 0.224 e. The maximum atomic E-state index is 12.0. The predicted octanol–water partition coefficient (Wildman–Crippen LogP) is 1.01. The van der Waals surface area contributed by atoms with E-state index in [1.54, 1.807) is 0 Å². The minimum atomic E-state index is 0.253. The first-order valence-electron chi connectivity index (χ1n) is 6.25. The van der Waals surface area contributed by atoms with Gasteiger partial charge < -0.3 is 15.0 Å². The van der Waals surface area contributed by atoms with Gasteiger partial charge in [-0.1, -0.05) is 20.8 Å². The van der Waals surface area contributed by atoms with Gasteiger partial charge in [0.15, 0.2) is 0 Å². The normalized spacial score (nSPS) is 21.5. The third-order valence-corrected chi connectivity index (χ3v) is 2.91. The minimum Gasteiger partial charge on any atom is -0.377 e. The van der Waals surface area contributed by atoms with Crippen molar-refractivity contribution in [3.05, 3.63) is 0 Å². The van der Waals surface area contributed by atoms with Crippen LogP contribution in [0.5, 0.6) is 0 Å². The van der Waals surface area contributed by atoms with Gasteiger partial charge in [-0.3, -0.25) is 4.79 Å². The quantitative estimate of drug-likeness (QED) is 0.763. The topological polar surface area (TPSA) is 41.6 Å². The molecule has 1 atom stereocenters. The summed E-state index contributed by atoms with van der Waals surface area (Å²) in [6.07, 6.45) is 1.57. The molecular weight excluding hydrogens is 204 g/mol. The zero-order chi connectivity index (χ0) is 12.0. The van der Waals surface area contributed by atoms with Gasteiger partial charge in [0.25, 0.3) is 0 Å². The van der Waals surface area contributed by atoms with Crippen molar-refractivity contribution in [2.45, 2.75) is 45.7 Å². The Bertz CT molecular complexity index is 219. The van der Waals surface area contributed by atoms with Crippen LogP contribution in [0.4, 0.5) is 0 Å². The lowest BCUT2D eigenvalue weighted by molar-refractivity contribution is -0.139. The number of morpholine rings is 1. The van der Waals surface area contributed by atoms with Crippen molar-refractivity contribution in [1.29, 1.82) is 0 Å². The Hall–Kier alpha value is -0.610. The molecule has 1 unspecified atom stereocenters.